The van der Waals surface area contributed by atoms with E-state index in [1.165, 1.54) is 4.88 Å². The van der Waals surface area contributed by atoms with Crippen molar-refractivity contribution in [3.8, 4) is 11.4 Å². The number of benzene rings is 1. The summed E-state index contributed by atoms with van der Waals surface area (Å²) in [4.78, 5) is 15.9. The Labute approximate surface area is 168 Å². The van der Waals surface area contributed by atoms with E-state index in [9.17, 15) is 5.11 Å². The normalized spacial score (nSPS) is 12.2. The molecule has 0 aliphatic rings. The minimum atomic E-state index is -0.501. The maximum atomic E-state index is 10.5. The third kappa shape index (κ3) is 4.18. The lowest BCUT2D eigenvalue weighted by Crippen LogP contribution is -2.22. The number of hydrogen-bond donors (Lipinski definition) is 2. The van der Waals surface area contributed by atoms with Crippen molar-refractivity contribution in [1.29, 1.82) is 0 Å². The molecule has 0 radical (unpaired) electrons. The highest BCUT2D eigenvalue weighted by Crippen LogP contribution is 2.31. The van der Waals surface area contributed by atoms with Crippen LogP contribution in [0.25, 0.3) is 21.6 Å². The molecular weight excluding hydrogens is 368 g/mol. The largest absolute Gasteiger partial charge is 0.391 e. The monoisotopic (exact) mass is 390 g/mol. The summed E-state index contributed by atoms with van der Waals surface area (Å²) < 4.78 is 0. The van der Waals surface area contributed by atoms with Crippen molar-refractivity contribution < 1.29 is 5.11 Å². The number of aromatic nitrogens is 3. The first kappa shape index (κ1) is 18.5. The van der Waals surface area contributed by atoms with Gasteiger partial charge in [-0.05, 0) is 30.2 Å². The molecule has 0 amide bonds. The van der Waals surface area contributed by atoms with Gasteiger partial charge in [-0.15, -0.1) is 11.3 Å². The Kier molecular flexibility index (Phi) is 5.60. The average molecular weight is 391 g/mol. The fraction of sp³-hybridized carbons (Fsp3) is 0.227. The molecule has 3 heterocycles. The molecule has 0 bridgehead atoms. The second kappa shape index (κ2) is 8.46. The van der Waals surface area contributed by atoms with E-state index in [1.54, 1.807) is 23.7 Å². The highest BCUT2D eigenvalue weighted by Gasteiger charge is 2.14. The van der Waals surface area contributed by atoms with E-state index in [2.05, 4.69) is 23.3 Å². The molecule has 0 aliphatic heterocycles. The Morgan fingerprint density at radius 2 is 1.96 bits per heavy atom. The summed E-state index contributed by atoms with van der Waals surface area (Å²) in [6.07, 6.45) is 4.56. The van der Waals surface area contributed by atoms with Crippen molar-refractivity contribution >= 4 is 27.4 Å². The molecule has 1 unspecified atom stereocenters. The van der Waals surface area contributed by atoms with Crippen LogP contribution in [-0.4, -0.2) is 32.7 Å². The number of pyridine rings is 1. The van der Waals surface area contributed by atoms with E-state index in [-0.39, 0.29) is 0 Å². The standard InChI is InChI=1S/C22H22N4OS/c1-2-18-12-19-21(24-14-17(27)11-15-7-4-3-5-8-15)25-20(26-22(19)28-18)16-9-6-10-23-13-16/h3-10,12-13,17,27H,2,11,14H2,1H3,(H,24,25,26). The molecule has 0 saturated heterocycles. The molecule has 1 aromatic carbocycles. The van der Waals surface area contributed by atoms with Crippen molar-refractivity contribution in [2.24, 2.45) is 0 Å². The lowest BCUT2D eigenvalue weighted by atomic mass is 10.1. The van der Waals surface area contributed by atoms with Gasteiger partial charge >= 0.3 is 0 Å². The maximum absolute atomic E-state index is 10.5. The molecule has 28 heavy (non-hydrogen) atoms. The van der Waals surface area contributed by atoms with Gasteiger partial charge in [0.1, 0.15) is 10.6 Å². The minimum Gasteiger partial charge on any atom is -0.391 e. The fourth-order valence-corrected chi connectivity index (χ4v) is 4.04. The van der Waals surface area contributed by atoms with Crippen LogP contribution in [0.2, 0.25) is 0 Å². The van der Waals surface area contributed by atoms with Crippen LogP contribution >= 0.6 is 11.3 Å². The van der Waals surface area contributed by atoms with Crippen molar-refractivity contribution in [3.05, 3.63) is 71.4 Å². The van der Waals surface area contributed by atoms with Crippen molar-refractivity contribution in [1.82, 2.24) is 15.0 Å². The molecule has 3 aromatic heterocycles. The van der Waals surface area contributed by atoms with Gasteiger partial charge in [-0.25, -0.2) is 9.97 Å². The van der Waals surface area contributed by atoms with Crippen LogP contribution in [0, 0.1) is 0 Å². The molecule has 4 aromatic rings. The third-order valence-corrected chi connectivity index (χ3v) is 5.70. The van der Waals surface area contributed by atoms with Crippen LogP contribution in [0.4, 0.5) is 5.82 Å². The molecule has 0 spiro atoms. The van der Waals surface area contributed by atoms with Gasteiger partial charge in [0.05, 0.1) is 11.5 Å². The van der Waals surface area contributed by atoms with Crippen LogP contribution < -0.4 is 5.32 Å². The number of rotatable bonds is 7. The van der Waals surface area contributed by atoms with E-state index in [0.29, 0.717) is 18.8 Å². The van der Waals surface area contributed by atoms with Gasteiger partial charge in [-0.2, -0.15) is 0 Å². The second-order valence-electron chi connectivity index (χ2n) is 6.65. The summed E-state index contributed by atoms with van der Waals surface area (Å²) in [5.74, 6) is 1.40. The summed E-state index contributed by atoms with van der Waals surface area (Å²) in [5.41, 5.74) is 1.99. The molecule has 4 rings (SSSR count). The summed E-state index contributed by atoms with van der Waals surface area (Å²) in [6.45, 7) is 2.56. The number of nitrogens with zero attached hydrogens (tertiary/aromatic N) is 3. The summed E-state index contributed by atoms with van der Waals surface area (Å²) >= 11 is 1.68. The molecule has 1 atom stereocenters. The predicted molar refractivity (Wildman–Crippen MR) is 115 cm³/mol. The summed E-state index contributed by atoms with van der Waals surface area (Å²) in [6, 6.07) is 16.0. The Bertz CT molecular complexity index is 1050. The predicted octanol–water partition coefficient (Wildman–Crippen LogP) is 4.33. The molecule has 142 valence electrons. The van der Waals surface area contributed by atoms with Crippen LogP contribution in [0.5, 0.6) is 0 Å². The highest BCUT2D eigenvalue weighted by atomic mass is 32.1. The molecule has 0 fully saturated rings. The van der Waals surface area contributed by atoms with E-state index < -0.39 is 6.10 Å². The smallest absolute Gasteiger partial charge is 0.164 e. The Morgan fingerprint density at radius 3 is 2.71 bits per heavy atom. The van der Waals surface area contributed by atoms with E-state index >= 15 is 0 Å². The fourth-order valence-electron chi connectivity index (χ4n) is 3.08. The van der Waals surface area contributed by atoms with E-state index in [1.807, 2.05) is 42.5 Å². The zero-order chi connectivity index (χ0) is 19.3. The van der Waals surface area contributed by atoms with E-state index in [4.69, 9.17) is 9.97 Å². The van der Waals surface area contributed by atoms with Gasteiger partial charge in [0.25, 0.3) is 0 Å². The quantitative estimate of drug-likeness (QED) is 0.491. The van der Waals surface area contributed by atoms with E-state index in [0.717, 1.165) is 33.6 Å². The average Bonchev–Trinajstić information content (AvgIpc) is 3.17. The lowest BCUT2D eigenvalue weighted by molar-refractivity contribution is 0.188. The number of fused-ring (bicyclic) bond motifs is 1. The zero-order valence-electron chi connectivity index (χ0n) is 15.7. The van der Waals surface area contributed by atoms with Crippen molar-refractivity contribution in [2.75, 3.05) is 11.9 Å². The number of aliphatic hydroxyl groups is 1. The molecule has 6 heteroatoms. The van der Waals surface area contributed by atoms with Gasteiger partial charge in [0.2, 0.25) is 0 Å². The zero-order valence-corrected chi connectivity index (χ0v) is 16.5. The Balaban J connectivity index is 1.60. The van der Waals surface area contributed by atoms with Crippen LogP contribution in [0.3, 0.4) is 0 Å². The molecule has 2 N–H and O–H groups in total. The second-order valence-corrected chi connectivity index (χ2v) is 7.76. The Hall–Kier alpha value is -2.83. The Morgan fingerprint density at radius 1 is 1.11 bits per heavy atom. The molecular formula is C22H22N4OS. The van der Waals surface area contributed by atoms with Gasteiger partial charge in [-0.3, -0.25) is 4.98 Å². The molecule has 5 nitrogen and oxygen atoms in total. The first-order valence-corrected chi connectivity index (χ1v) is 10.2. The number of thiophene rings is 1. The first-order valence-electron chi connectivity index (χ1n) is 9.39. The SMILES string of the molecule is CCc1cc2c(NCC(O)Cc3ccccc3)nc(-c3cccnc3)nc2s1. The summed E-state index contributed by atoms with van der Waals surface area (Å²) in [5, 5.41) is 14.8. The molecule has 0 aliphatic carbocycles. The van der Waals surface area contributed by atoms with Gasteiger partial charge in [-0.1, -0.05) is 37.3 Å². The molecule has 0 saturated carbocycles. The number of nitrogens with one attached hydrogen (secondary N) is 1. The minimum absolute atomic E-state index is 0.421. The number of anilines is 1. The van der Waals surface area contributed by atoms with Crippen LogP contribution in [-0.2, 0) is 12.8 Å². The van der Waals surface area contributed by atoms with Gasteiger partial charge in [0.15, 0.2) is 5.82 Å². The lowest BCUT2D eigenvalue weighted by Gasteiger charge is -2.13. The maximum Gasteiger partial charge on any atom is 0.164 e. The van der Waals surface area contributed by atoms with Gasteiger partial charge < -0.3 is 10.4 Å². The highest BCUT2D eigenvalue weighted by molar-refractivity contribution is 7.18. The number of aliphatic hydroxyl groups excluding tert-OH is 1. The van der Waals surface area contributed by atoms with Crippen molar-refractivity contribution in [2.45, 2.75) is 25.9 Å². The van der Waals surface area contributed by atoms with Crippen molar-refractivity contribution in [3.63, 3.8) is 0 Å². The third-order valence-electron chi connectivity index (χ3n) is 4.53. The van der Waals surface area contributed by atoms with Crippen LogP contribution in [0.15, 0.2) is 60.9 Å². The number of aryl methyl sites for hydroxylation is 1. The number of hydrogen-bond acceptors (Lipinski definition) is 6. The summed E-state index contributed by atoms with van der Waals surface area (Å²) in [7, 11) is 0. The van der Waals surface area contributed by atoms with Crippen LogP contribution in [0.1, 0.15) is 17.4 Å². The first-order chi connectivity index (χ1) is 13.7. The van der Waals surface area contributed by atoms with Gasteiger partial charge in [0, 0.05) is 35.8 Å². The topological polar surface area (TPSA) is 70.9 Å².